The number of anilines is 2. The monoisotopic (exact) mass is 304 g/mol. The molecule has 4 nitrogen and oxygen atoms in total. The van der Waals surface area contributed by atoms with Gasteiger partial charge in [0.05, 0.1) is 18.1 Å². The second-order valence-electron chi connectivity index (χ2n) is 4.55. The van der Waals surface area contributed by atoms with Crippen LogP contribution >= 0.6 is 11.6 Å². The van der Waals surface area contributed by atoms with Crippen LogP contribution in [0.5, 0.6) is 5.75 Å². The molecule has 0 atom stereocenters. The summed E-state index contributed by atoms with van der Waals surface area (Å²) in [4.78, 5) is 12.0. The Morgan fingerprint density at radius 2 is 2.10 bits per heavy atom. The molecule has 0 saturated heterocycles. The average Bonchev–Trinajstić information content (AvgIpc) is 2.42. The van der Waals surface area contributed by atoms with Crippen molar-refractivity contribution in [2.24, 2.45) is 0 Å². The Balaban J connectivity index is 2.01. The third-order valence-electron chi connectivity index (χ3n) is 2.83. The Morgan fingerprint density at radius 3 is 2.76 bits per heavy atom. The van der Waals surface area contributed by atoms with E-state index in [1.165, 1.54) is 0 Å². The molecule has 0 heterocycles. The lowest BCUT2D eigenvalue weighted by Gasteiger charge is -2.09. The fraction of sp³-hybridized carbons (Fsp3) is 0.188. The zero-order chi connectivity index (χ0) is 15.2. The van der Waals surface area contributed by atoms with Crippen LogP contribution in [0.2, 0.25) is 5.02 Å². The summed E-state index contributed by atoms with van der Waals surface area (Å²) in [6, 6.07) is 12.4. The second kappa shape index (κ2) is 6.99. The number of nitrogens with one attached hydrogen (secondary N) is 1. The van der Waals surface area contributed by atoms with Gasteiger partial charge in [0, 0.05) is 11.4 Å². The number of hydrogen-bond donors (Lipinski definition) is 2. The van der Waals surface area contributed by atoms with Crippen LogP contribution in [-0.2, 0) is 11.2 Å². The summed E-state index contributed by atoms with van der Waals surface area (Å²) < 4.78 is 5.36. The van der Waals surface area contributed by atoms with Gasteiger partial charge < -0.3 is 15.8 Å². The molecule has 3 N–H and O–H groups in total. The summed E-state index contributed by atoms with van der Waals surface area (Å²) in [5, 5.41) is 3.30. The SMILES string of the molecule is CCOc1ccc(CC(=O)Nc2cccc(N)c2)cc1Cl. The number of hydrogen-bond acceptors (Lipinski definition) is 3. The molecule has 0 aromatic heterocycles. The lowest BCUT2D eigenvalue weighted by Crippen LogP contribution is -2.14. The lowest BCUT2D eigenvalue weighted by atomic mass is 10.1. The molecule has 2 aromatic rings. The molecule has 0 radical (unpaired) electrons. The smallest absolute Gasteiger partial charge is 0.228 e. The molecule has 5 heteroatoms. The molecule has 21 heavy (non-hydrogen) atoms. The molecule has 2 aromatic carbocycles. The van der Waals surface area contributed by atoms with Crippen LogP contribution in [-0.4, -0.2) is 12.5 Å². The summed E-state index contributed by atoms with van der Waals surface area (Å²) in [6.45, 7) is 2.44. The third kappa shape index (κ3) is 4.39. The maximum atomic E-state index is 12.0. The van der Waals surface area contributed by atoms with E-state index in [0.29, 0.717) is 28.8 Å². The molecule has 0 aliphatic carbocycles. The summed E-state index contributed by atoms with van der Waals surface area (Å²) in [5.74, 6) is 0.500. The van der Waals surface area contributed by atoms with Crippen molar-refractivity contribution in [3.8, 4) is 5.75 Å². The quantitative estimate of drug-likeness (QED) is 0.831. The number of nitrogen functional groups attached to an aromatic ring is 1. The fourth-order valence-corrected chi connectivity index (χ4v) is 2.19. The van der Waals surface area contributed by atoms with Gasteiger partial charge >= 0.3 is 0 Å². The summed E-state index contributed by atoms with van der Waals surface area (Å²) in [6.07, 6.45) is 0.237. The number of nitrogens with two attached hydrogens (primary N) is 1. The first-order valence-electron chi connectivity index (χ1n) is 6.65. The molecule has 0 aliphatic heterocycles. The van der Waals surface area contributed by atoms with E-state index in [4.69, 9.17) is 22.1 Å². The number of amides is 1. The third-order valence-corrected chi connectivity index (χ3v) is 3.13. The van der Waals surface area contributed by atoms with E-state index in [0.717, 1.165) is 5.56 Å². The van der Waals surface area contributed by atoms with E-state index in [-0.39, 0.29) is 12.3 Å². The van der Waals surface area contributed by atoms with Crippen LogP contribution in [0, 0.1) is 0 Å². The summed E-state index contributed by atoms with van der Waals surface area (Å²) in [7, 11) is 0. The normalized spacial score (nSPS) is 10.2. The van der Waals surface area contributed by atoms with Crippen LogP contribution in [0.1, 0.15) is 12.5 Å². The molecule has 0 spiro atoms. The number of carbonyl (C=O) groups is 1. The highest BCUT2D eigenvalue weighted by molar-refractivity contribution is 6.32. The molecular weight excluding hydrogens is 288 g/mol. The van der Waals surface area contributed by atoms with Crippen molar-refractivity contribution in [2.45, 2.75) is 13.3 Å². The minimum atomic E-state index is -0.124. The van der Waals surface area contributed by atoms with Gasteiger partial charge in [0.1, 0.15) is 5.75 Å². The highest BCUT2D eigenvalue weighted by atomic mass is 35.5. The van der Waals surface area contributed by atoms with Crippen LogP contribution in [0.15, 0.2) is 42.5 Å². The first-order chi connectivity index (χ1) is 10.1. The van der Waals surface area contributed by atoms with Crippen LogP contribution in [0.3, 0.4) is 0 Å². The topological polar surface area (TPSA) is 64.3 Å². The lowest BCUT2D eigenvalue weighted by molar-refractivity contribution is -0.115. The van der Waals surface area contributed by atoms with Gasteiger partial charge in [-0.1, -0.05) is 23.7 Å². The van der Waals surface area contributed by atoms with Crippen LogP contribution in [0.4, 0.5) is 11.4 Å². The molecule has 0 saturated carbocycles. The van der Waals surface area contributed by atoms with Gasteiger partial charge in [0.2, 0.25) is 5.91 Å². The Hall–Kier alpha value is -2.20. The van der Waals surface area contributed by atoms with Crippen molar-refractivity contribution in [1.29, 1.82) is 0 Å². The highest BCUT2D eigenvalue weighted by Crippen LogP contribution is 2.25. The van der Waals surface area contributed by atoms with E-state index in [1.54, 1.807) is 36.4 Å². The molecule has 2 rings (SSSR count). The first kappa shape index (κ1) is 15.2. The summed E-state index contributed by atoms with van der Waals surface area (Å²) >= 11 is 6.10. The van der Waals surface area contributed by atoms with Crippen molar-refractivity contribution < 1.29 is 9.53 Å². The highest BCUT2D eigenvalue weighted by Gasteiger charge is 2.07. The molecule has 0 bridgehead atoms. The number of ether oxygens (including phenoxy) is 1. The number of rotatable bonds is 5. The van der Waals surface area contributed by atoms with E-state index >= 15 is 0 Å². The van der Waals surface area contributed by atoms with E-state index in [1.807, 2.05) is 13.0 Å². The van der Waals surface area contributed by atoms with E-state index in [2.05, 4.69) is 5.32 Å². The molecular formula is C16H17ClN2O2. The van der Waals surface area contributed by atoms with Crippen molar-refractivity contribution in [1.82, 2.24) is 0 Å². The zero-order valence-electron chi connectivity index (χ0n) is 11.7. The first-order valence-corrected chi connectivity index (χ1v) is 7.03. The molecule has 0 aliphatic rings. The maximum Gasteiger partial charge on any atom is 0.228 e. The number of benzene rings is 2. The molecule has 1 amide bonds. The van der Waals surface area contributed by atoms with Crippen molar-refractivity contribution in [2.75, 3.05) is 17.7 Å². The fourth-order valence-electron chi connectivity index (χ4n) is 1.93. The number of halogens is 1. The molecule has 0 unspecified atom stereocenters. The molecule has 110 valence electrons. The molecule has 0 fully saturated rings. The second-order valence-corrected chi connectivity index (χ2v) is 4.96. The Morgan fingerprint density at radius 1 is 1.29 bits per heavy atom. The van der Waals surface area contributed by atoms with Crippen molar-refractivity contribution >= 4 is 28.9 Å². The van der Waals surface area contributed by atoms with Gasteiger partial charge in [-0.25, -0.2) is 0 Å². The average molecular weight is 305 g/mol. The van der Waals surface area contributed by atoms with Gasteiger partial charge in [-0.2, -0.15) is 0 Å². The van der Waals surface area contributed by atoms with E-state index < -0.39 is 0 Å². The van der Waals surface area contributed by atoms with E-state index in [9.17, 15) is 4.79 Å². The Kier molecular flexibility index (Phi) is 5.06. The minimum Gasteiger partial charge on any atom is -0.492 e. The van der Waals surface area contributed by atoms with Gasteiger partial charge in [-0.3, -0.25) is 4.79 Å². The zero-order valence-corrected chi connectivity index (χ0v) is 12.5. The van der Waals surface area contributed by atoms with Crippen molar-refractivity contribution in [3.63, 3.8) is 0 Å². The van der Waals surface area contributed by atoms with Crippen molar-refractivity contribution in [3.05, 3.63) is 53.1 Å². The van der Waals surface area contributed by atoms with Gasteiger partial charge in [-0.05, 0) is 42.8 Å². The largest absolute Gasteiger partial charge is 0.492 e. The summed E-state index contributed by atoms with van der Waals surface area (Å²) in [5.41, 5.74) is 7.78. The predicted octanol–water partition coefficient (Wildman–Crippen LogP) is 3.50. The number of carbonyl (C=O) groups excluding carboxylic acids is 1. The predicted molar refractivity (Wildman–Crippen MR) is 85.8 cm³/mol. The van der Waals surface area contributed by atoms with Gasteiger partial charge in [0.25, 0.3) is 0 Å². The maximum absolute atomic E-state index is 12.0. The van der Waals surface area contributed by atoms with Gasteiger partial charge in [-0.15, -0.1) is 0 Å². The van der Waals surface area contributed by atoms with Crippen LogP contribution in [0.25, 0.3) is 0 Å². The minimum absolute atomic E-state index is 0.124. The van der Waals surface area contributed by atoms with Gasteiger partial charge in [0.15, 0.2) is 0 Å². The Bertz CT molecular complexity index is 644. The Labute approximate surface area is 128 Å². The van der Waals surface area contributed by atoms with Crippen LogP contribution < -0.4 is 15.8 Å². The standard InChI is InChI=1S/C16H17ClN2O2/c1-2-21-15-7-6-11(8-14(15)17)9-16(20)19-13-5-3-4-12(18)10-13/h3-8,10H,2,9,18H2,1H3,(H,19,20).